The van der Waals surface area contributed by atoms with E-state index in [-0.39, 0.29) is 93.1 Å². The standard InChI is InChI=1S/C57H69ClN10O11S/c1-35-36(2)80-56-49(35)51(38-15-17-39(58)18-16-38)62-44(52-65-64-37(3)67(52)56)34-47(70)61-40-19-21-41(22-20-40)79-33-32-78-31-28-66(48(71)14-9-7-5-4-6-8-10-25-60-57(75)76)27-30-77-29-26-59-43-13-11-12-42-50(43)55(74)68(54(42)73)45-23-24-46(69)63-53(45)72/h11-13,15-22,44-45,49,56,59-60H,4-10,14,23-34H2,1-3H3,(H,61,70)(H,75,76)(H,63,69,72)/t44-,45?,49?,56?/m0/s1. The minimum atomic E-state index is -1.07. The highest BCUT2D eigenvalue weighted by atomic mass is 35.5. The molecule has 426 valence electrons. The second-order valence-electron chi connectivity index (χ2n) is 20.0. The first-order valence-electron chi connectivity index (χ1n) is 27.3. The van der Waals surface area contributed by atoms with Crippen LogP contribution in [0.3, 0.4) is 0 Å². The molecule has 0 aliphatic carbocycles. The molecule has 3 aromatic carbocycles. The van der Waals surface area contributed by atoms with Gasteiger partial charge >= 0.3 is 6.09 Å². The summed E-state index contributed by atoms with van der Waals surface area (Å²) in [5.41, 5.74) is 4.39. The lowest BCUT2D eigenvalue weighted by atomic mass is 9.90. The number of nitrogens with one attached hydrogen (secondary N) is 4. The Morgan fingerprint density at radius 1 is 0.825 bits per heavy atom. The average molecular weight is 1140 g/mol. The highest BCUT2D eigenvalue weighted by molar-refractivity contribution is 8.03. The molecule has 5 heterocycles. The van der Waals surface area contributed by atoms with Crippen LogP contribution in [0.25, 0.3) is 0 Å². The summed E-state index contributed by atoms with van der Waals surface area (Å²) in [6.07, 6.45) is 5.80. The first kappa shape index (κ1) is 59.0. The number of fused-ring (bicyclic) bond motifs is 4. The van der Waals surface area contributed by atoms with Crippen molar-refractivity contribution in [2.24, 2.45) is 10.9 Å². The number of piperidine rings is 1. The third-order valence-corrected chi connectivity index (χ3v) is 16.2. The Morgan fingerprint density at radius 2 is 1.54 bits per heavy atom. The van der Waals surface area contributed by atoms with E-state index in [4.69, 9.17) is 35.9 Å². The molecule has 0 radical (unpaired) electrons. The molecule has 1 saturated heterocycles. The number of benzene rings is 3. The molecule has 23 heteroatoms. The van der Waals surface area contributed by atoms with Crippen molar-refractivity contribution in [1.82, 2.24) is 35.2 Å². The predicted octanol–water partition coefficient (Wildman–Crippen LogP) is 8.11. The molecule has 1 fully saturated rings. The lowest BCUT2D eigenvalue weighted by molar-refractivity contribution is -0.136. The van der Waals surface area contributed by atoms with Crippen LogP contribution in [0.5, 0.6) is 5.75 Å². The minimum Gasteiger partial charge on any atom is -0.491 e. The summed E-state index contributed by atoms with van der Waals surface area (Å²) >= 11 is 8.05. The number of nitrogens with zero attached hydrogens (tertiary/aromatic N) is 6. The second-order valence-corrected chi connectivity index (χ2v) is 21.8. The Labute approximate surface area is 474 Å². The number of imide groups is 2. The maximum atomic E-state index is 13.7. The van der Waals surface area contributed by atoms with Crippen molar-refractivity contribution >= 4 is 82.0 Å². The summed E-state index contributed by atoms with van der Waals surface area (Å²) < 4.78 is 19.9. The van der Waals surface area contributed by atoms with E-state index in [1.807, 2.05) is 31.2 Å². The Morgan fingerprint density at radius 3 is 2.26 bits per heavy atom. The van der Waals surface area contributed by atoms with Gasteiger partial charge in [-0.15, -0.1) is 22.0 Å². The maximum Gasteiger partial charge on any atom is 0.404 e. The van der Waals surface area contributed by atoms with Gasteiger partial charge in [0.1, 0.15) is 30.3 Å². The van der Waals surface area contributed by atoms with Gasteiger partial charge in [0, 0.05) is 55.4 Å². The van der Waals surface area contributed by atoms with Crippen LogP contribution in [-0.2, 0) is 28.7 Å². The third kappa shape index (κ3) is 15.0. The van der Waals surface area contributed by atoms with E-state index in [1.54, 1.807) is 53.1 Å². The van der Waals surface area contributed by atoms with Crippen LogP contribution in [0.4, 0.5) is 16.2 Å². The van der Waals surface area contributed by atoms with E-state index >= 15 is 0 Å². The quantitative estimate of drug-likeness (QED) is 0.0254. The number of carboxylic acid groups (broad SMARTS) is 1. The minimum absolute atomic E-state index is 0.0193. The van der Waals surface area contributed by atoms with Gasteiger partial charge in [-0.2, -0.15) is 0 Å². The van der Waals surface area contributed by atoms with Gasteiger partial charge in [-0.05, 0) is 99.0 Å². The Bertz CT molecular complexity index is 2970. The highest BCUT2D eigenvalue weighted by Gasteiger charge is 2.46. The molecule has 1 aromatic heterocycles. The number of aryl methyl sites for hydroxylation is 1. The number of hydrogen-bond acceptors (Lipinski definition) is 15. The number of allylic oxidation sites excluding steroid dienone is 2. The smallest absolute Gasteiger partial charge is 0.404 e. The lowest BCUT2D eigenvalue weighted by Gasteiger charge is -2.27. The van der Waals surface area contributed by atoms with E-state index in [1.165, 1.54) is 16.5 Å². The molecule has 4 atom stereocenters. The normalized spacial score (nSPS) is 18.5. The molecular formula is C57H69ClN10O11S. The van der Waals surface area contributed by atoms with Gasteiger partial charge in [-0.1, -0.05) is 67.5 Å². The van der Waals surface area contributed by atoms with Crippen LogP contribution in [-0.4, -0.2) is 142 Å². The van der Waals surface area contributed by atoms with Gasteiger partial charge in [0.25, 0.3) is 11.8 Å². The molecule has 4 aliphatic rings. The monoisotopic (exact) mass is 1140 g/mol. The van der Waals surface area contributed by atoms with Crippen molar-refractivity contribution < 1.29 is 52.9 Å². The number of anilines is 2. The summed E-state index contributed by atoms with van der Waals surface area (Å²) in [5, 5.41) is 29.1. The zero-order chi connectivity index (χ0) is 56.7. The summed E-state index contributed by atoms with van der Waals surface area (Å²) in [7, 11) is 0. The zero-order valence-electron chi connectivity index (χ0n) is 45.3. The summed E-state index contributed by atoms with van der Waals surface area (Å²) in [6, 6.07) is 17.9. The molecule has 21 nitrogen and oxygen atoms in total. The van der Waals surface area contributed by atoms with Gasteiger partial charge in [0.05, 0.1) is 61.0 Å². The van der Waals surface area contributed by atoms with E-state index in [2.05, 4.69) is 49.9 Å². The van der Waals surface area contributed by atoms with Gasteiger partial charge in [-0.3, -0.25) is 48.5 Å². The number of aliphatic imine (C=N–C) groups is 1. The number of amides is 7. The van der Waals surface area contributed by atoms with Crippen LogP contribution < -0.4 is 26.0 Å². The molecule has 8 rings (SSSR count). The fourth-order valence-electron chi connectivity index (χ4n) is 10.3. The van der Waals surface area contributed by atoms with Crippen molar-refractivity contribution in [2.75, 3.05) is 69.8 Å². The highest BCUT2D eigenvalue weighted by Crippen LogP contribution is 2.53. The summed E-state index contributed by atoms with van der Waals surface area (Å²) in [5.74, 6) is -0.614. The van der Waals surface area contributed by atoms with Crippen LogP contribution in [0.2, 0.25) is 5.02 Å². The number of carbonyl (C=O) groups is 7. The number of unbranched alkanes of at least 4 members (excludes halogenated alkanes) is 6. The molecule has 0 saturated carbocycles. The maximum absolute atomic E-state index is 13.7. The zero-order valence-corrected chi connectivity index (χ0v) is 46.9. The SMILES string of the molecule is CC1=C(C)C2C(c3ccc(Cl)cc3)=N[C@@H](CC(=O)Nc3ccc(OCCOCCN(CCOCCNc4cccc5c4C(=O)N(C4CCC(=O)NC4=O)C5=O)C(=O)CCCCCCCCCNC(=O)O)cc3)c3nnc(C)n3C2S1. The number of rotatable bonds is 29. The molecule has 7 amide bonds. The van der Waals surface area contributed by atoms with E-state index in [0.717, 1.165) is 66.9 Å². The van der Waals surface area contributed by atoms with E-state index in [9.17, 15) is 33.6 Å². The number of thioether (sulfide) groups is 1. The number of aromatic nitrogens is 3. The molecule has 5 N–H and O–H groups in total. The molecule has 4 aromatic rings. The van der Waals surface area contributed by atoms with E-state index < -0.39 is 41.8 Å². The van der Waals surface area contributed by atoms with Crippen molar-refractivity contribution in [3.05, 3.63) is 111 Å². The number of halogens is 1. The number of hydrogen-bond donors (Lipinski definition) is 5. The summed E-state index contributed by atoms with van der Waals surface area (Å²) in [4.78, 5) is 98.1. The number of carbonyl (C=O) groups excluding carboxylic acids is 6. The molecular weight excluding hydrogens is 1070 g/mol. The molecule has 80 heavy (non-hydrogen) atoms. The fraction of sp³-hybridized carbons (Fsp3) is 0.474. The number of ether oxygens (including phenoxy) is 3. The fourth-order valence-corrected chi connectivity index (χ4v) is 11.9. The van der Waals surface area contributed by atoms with Crippen molar-refractivity contribution in [3.63, 3.8) is 0 Å². The van der Waals surface area contributed by atoms with Crippen LogP contribution in [0.1, 0.15) is 134 Å². The van der Waals surface area contributed by atoms with Crippen molar-refractivity contribution in [3.8, 4) is 5.75 Å². The Hall–Kier alpha value is -7.14. The third-order valence-electron chi connectivity index (χ3n) is 14.5. The first-order chi connectivity index (χ1) is 38.7. The molecule has 4 aliphatic heterocycles. The molecule has 0 spiro atoms. The predicted molar refractivity (Wildman–Crippen MR) is 302 cm³/mol. The van der Waals surface area contributed by atoms with Gasteiger partial charge in [0.15, 0.2) is 5.82 Å². The Balaban J connectivity index is 0.782. The van der Waals surface area contributed by atoms with Gasteiger partial charge in [-0.25, -0.2) is 4.79 Å². The topological polar surface area (TPSA) is 265 Å². The van der Waals surface area contributed by atoms with Crippen molar-refractivity contribution in [1.29, 1.82) is 0 Å². The van der Waals surface area contributed by atoms with Crippen LogP contribution >= 0.6 is 23.4 Å². The van der Waals surface area contributed by atoms with Crippen LogP contribution in [0.15, 0.2) is 82.2 Å². The average Bonchev–Trinajstić information content (AvgIpc) is 4.05. The molecule has 3 unspecified atom stereocenters. The Kier molecular flexibility index (Phi) is 20.9. The van der Waals surface area contributed by atoms with Gasteiger partial charge < -0.3 is 40.2 Å². The van der Waals surface area contributed by atoms with Gasteiger partial charge in [0.2, 0.25) is 23.6 Å². The first-order valence-corrected chi connectivity index (χ1v) is 28.5. The summed E-state index contributed by atoms with van der Waals surface area (Å²) in [6.45, 7) is 8.79. The molecule has 0 bridgehead atoms. The van der Waals surface area contributed by atoms with Crippen LogP contribution in [0, 0.1) is 12.8 Å². The largest absolute Gasteiger partial charge is 0.491 e. The second kappa shape index (κ2) is 28.3. The van der Waals surface area contributed by atoms with Crippen molar-refractivity contribution in [2.45, 2.75) is 109 Å². The van der Waals surface area contributed by atoms with E-state index in [0.29, 0.717) is 54.0 Å². The lowest BCUT2D eigenvalue weighted by Crippen LogP contribution is -2.54.